The highest BCUT2D eigenvalue weighted by atomic mass is 32.2. The van der Waals surface area contributed by atoms with E-state index in [0.717, 1.165) is 74.1 Å². The normalized spacial score (nSPS) is 21.8. The van der Waals surface area contributed by atoms with Crippen LogP contribution in [0.15, 0.2) is 23.4 Å². The van der Waals surface area contributed by atoms with Crippen molar-refractivity contribution in [3.8, 4) is 0 Å². The molecule has 0 radical (unpaired) electrons. The van der Waals surface area contributed by atoms with Gasteiger partial charge in [-0.2, -0.15) is 0 Å². The lowest BCUT2D eigenvalue weighted by atomic mass is 10.3. The van der Waals surface area contributed by atoms with Crippen molar-refractivity contribution in [2.75, 3.05) is 45.9 Å². The molecule has 1 spiro atoms. The molecular weight excluding hydrogens is 428 g/mol. The summed E-state index contributed by atoms with van der Waals surface area (Å²) in [6, 6.07) is 0. The van der Waals surface area contributed by atoms with Gasteiger partial charge in [0.25, 0.3) is 0 Å². The van der Waals surface area contributed by atoms with Crippen molar-refractivity contribution in [2.24, 2.45) is 10.2 Å². The van der Waals surface area contributed by atoms with Crippen LogP contribution in [0, 0.1) is 0 Å². The number of hydrazone groups is 2. The van der Waals surface area contributed by atoms with E-state index in [1.54, 1.807) is 11.8 Å². The fourth-order valence-electron chi connectivity index (χ4n) is 3.35. The number of nitrogens with one attached hydrogen (secondary N) is 2. The molecule has 3 heterocycles. The average Bonchev–Trinajstić information content (AvgIpc) is 2.84. The molecule has 174 valence electrons. The lowest BCUT2D eigenvalue weighted by Gasteiger charge is -2.37. The van der Waals surface area contributed by atoms with Gasteiger partial charge in [0.05, 0.1) is 30.1 Å². The van der Waals surface area contributed by atoms with E-state index in [9.17, 15) is 0 Å². The Labute approximate surface area is 196 Å². The molecule has 3 aliphatic heterocycles. The van der Waals surface area contributed by atoms with E-state index < -0.39 is 0 Å². The van der Waals surface area contributed by atoms with E-state index >= 15 is 0 Å². The first-order valence-corrected chi connectivity index (χ1v) is 12.9. The number of hydrogen-bond acceptors (Lipinski definition) is 8. The van der Waals surface area contributed by atoms with Crippen LogP contribution in [-0.4, -0.2) is 91.2 Å². The number of hydrogen-bond donors (Lipinski definition) is 2. The Morgan fingerprint density at radius 3 is 1.81 bits per heavy atom. The molecule has 0 amide bonds. The minimum Gasteiger partial charge on any atom is -0.304 e. The zero-order valence-corrected chi connectivity index (χ0v) is 21.7. The maximum Gasteiger partial charge on any atom is 0.413 e. The fourth-order valence-corrected chi connectivity index (χ4v) is 6.05. The first kappa shape index (κ1) is 25.9. The summed E-state index contributed by atoms with van der Waals surface area (Å²) in [6.45, 7) is 26.1. The minimum atomic E-state index is -0.286. The van der Waals surface area contributed by atoms with Crippen LogP contribution < -0.4 is 10.6 Å². The van der Waals surface area contributed by atoms with Crippen molar-refractivity contribution in [3.63, 3.8) is 0 Å². The second kappa shape index (κ2) is 12.0. The molecule has 0 saturated carbocycles. The van der Waals surface area contributed by atoms with Crippen LogP contribution >= 0.6 is 23.5 Å². The van der Waals surface area contributed by atoms with Gasteiger partial charge in [-0.15, -0.1) is 13.2 Å². The Morgan fingerprint density at radius 2 is 1.32 bits per heavy atom. The molecule has 0 saturated heterocycles. The molecule has 0 aromatic rings. The maximum absolute atomic E-state index is 4.86. The third kappa shape index (κ3) is 5.53. The molecule has 0 aliphatic carbocycles. The summed E-state index contributed by atoms with van der Waals surface area (Å²) in [4.78, 5) is 4.81. The predicted molar refractivity (Wildman–Crippen MR) is 137 cm³/mol. The Morgan fingerprint density at radius 1 is 0.839 bits per heavy atom. The predicted octanol–water partition coefficient (Wildman–Crippen LogP) is 2.61. The molecule has 0 bridgehead atoms. The van der Waals surface area contributed by atoms with E-state index in [-0.39, 0.29) is 4.33 Å². The summed E-state index contributed by atoms with van der Waals surface area (Å²) >= 11 is 3.61. The van der Waals surface area contributed by atoms with Crippen LogP contribution in [0.25, 0.3) is 0 Å². The SMILES string of the molecule is C=C.CCN(CC)CCCNC1=[N+]2N=C(C)C(C)=N[N+]3=C(NCN(CC)CC)S[C@]23S1. The van der Waals surface area contributed by atoms with Crippen LogP contribution in [0.2, 0.25) is 0 Å². The summed E-state index contributed by atoms with van der Waals surface area (Å²) in [5.41, 5.74) is 1.92. The summed E-state index contributed by atoms with van der Waals surface area (Å²) in [5.74, 6) is 0. The quantitative estimate of drug-likeness (QED) is 0.222. The van der Waals surface area contributed by atoms with Crippen molar-refractivity contribution < 1.29 is 9.37 Å². The molecule has 10 heteroatoms. The van der Waals surface area contributed by atoms with Gasteiger partial charge in [0, 0.05) is 6.54 Å². The average molecular weight is 469 g/mol. The third-order valence-corrected chi connectivity index (χ3v) is 8.32. The highest BCUT2D eigenvalue weighted by Gasteiger charge is 2.72. The minimum absolute atomic E-state index is 0.286. The van der Waals surface area contributed by atoms with Gasteiger partial charge in [-0.1, -0.05) is 47.3 Å². The Balaban J connectivity index is 0.00000166. The second-order valence-corrected chi connectivity index (χ2v) is 9.88. The van der Waals surface area contributed by atoms with Crippen molar-refractivity contribution in [3.05, 3.63) is 13.2 Å². The first-order chi connectivity index (χ1) is 15.0. The maximum atomic E-state index is 4.86. The molecule has 0 aromatic carbocycles. The van der Waals surface area contributed by atoms with Gasteiger partial charge in [0.15, 0.2) is 0 Å². The molecule has 0 fully saturated rings. The van der Waals surface area contributed by atoms with E-state index in [1.165, 1.54) is 0 Å². The molecular formula is C21H40N8S2+2. The Hall–Kier alpha value is -1.36. The second-order valence-electron chi connectivity index (χ2n) is 7.30. The molecule has 3 rings (SSSR count). The zero-order chi connectivity index (χ0) is 23.0. The molecule has 2 N–H and O–H groups in total. The largest absolute Gasteiger partial charge is 0.413 e. The smallest absolute Gasteiger partial charge is 0.304 e. The van der Waals surface area contributed by atoms with E-state index in [1.807, 2.05) is 25.6 Å². The van der Waals surface area contributed by atoms with Crippen LogP contribution in [0.5, 0.6) is 0 Å². The lowest BCUT2D eigenvalue weighted by molar-refractivity contribution is -0.783. The molecule has 1 atom stereocenters. The highest BCUT2D eigenvalue weighted by Crippen LogP contribution is 2.53. The lowest BCUT2D eigenvalue weighted by Crippen LogP contribution is -2.65. The van der Waals surface area contributed by atoms with Crippen molar-refractivity contribution in [1.29, 1.82) is 0 Å². The topological polar surface area (TPSA) is 61.3 Å². The fraction of sp³-hybridized carbons (Fsp3) is 0.714. The number of nitrogens with zero attached hydrogens (tertiary/aromatic N) is 6. The van der Waals surface area contributed by atoms with Crippen LogP contribution in [0.3, 0.4) is 0 Å². The summed E-state index contributed by atoms with van der Waals surface area (Å²) in [7, 11) is 0. The Bertz CT molecular complexity index is 752. The molecule has 3 aliphatic rings. The summed E-state index contributed by atoms with van der Waals surface area (Å²) < 4.78 is 3.92. The number of amidine groups is 2. The van der Waals surface area contributed by atoms with Gasteiger partial charge in [-0.3, -0.25) is 15.5 Å². The summed E-state index contributed by atoms with van der Waals surface area (Å²) in [5, 5.41) is 19.1. The van der Waals surface area contributed by atoms with Crippen LogP contribution in [0.4, 0.5) is 0 Å². The standard InChI is InChI=1S/C19H34N8S2.C2H4/c1-7-24(8-2)13-11-12-20-17-26-19(28-17)27(23-16(6)15(5)22-26)18(29-19)21-14-25(9-3)10-4;1-2/h7-14H2,1-6H3;1-2H2/p+2/t19-;/m1./s1. The highest BCUT2D eigenvalue weighted by molar-refractivity contribution is 8.32. The van der Waals surface area contributed by atoms with E-state index in [0.29, 0.717) is 0 Å². The van der Waals surface area contributed by atoms with Gasteiger partial charge in [0.2, 0.25) is 0 Å². The zero-order valence-electron chi connectivity index (χ0n) is 20.1. The molecule has 8 nitrogen and oxygen atoms in total. The van der Waals surface area contributed by atoms with Gasteiger partial charge < -0.3 is 4.90 Å². The van der Waals surface area contributed by atoms with Crippen molar-refractivity contribution >= 4 is 45.3 Å². The van der Waals surface area contributed by atoms with Gasteiger partial charge in [0.1, 0.15) is 18.1 Å². The number of rotatable bonds is 10. The molecule has 0 unspecified atom stereocenters. The molecule has 0 aromatic heterocycles. The van der Waals surface area contributed by atoms with E-state index in [4.69, 9.17) is 10.2 Å². The van der Waals surface area contributed by atoms with Gasteiger partial charge >= 0.3 is 14.7 Å². The number of thioether (sulfide) groups is 2. The van der Waals surface area contributed by atoms with Crippen LogP contribution in [-0.2, 0) is 0 Å². The third-order valence-electron chi connectivity index (χ3n) is 5.57. The van der Waals surface area contributed by atoms with Crippen molar-refractivity contribution in [2.45, 2.75) is 52.3 Å². The molecule has 31 heavy (non-hydrogen) atoms. The Kier molecular flexibility index (Phi) is 10.1. The van der Waals surface area contributed by atoms with Gasteiger partial charge in [-0.05, 0) is 46.4 Å². The van der Waals surface area contributed by atoms with E-state index in [2.05, 4.69) is 70.7 Å². The van der Waals surface area contributed by atoms with Crippen LogP contribution in [0.1, 0.15) is 48.0 Å². The monoisotopic (exact) mass is 468 g/mol. The van der Waals surface area contributed by atoms with Gasteiger partial charge in [-0.25, -0.2) is 0 Å². The first-order valence-electron chi connectivity index (χ1n) is 11.2. The summed E-state index contributed by atoms with van der Waals surface area (Å²) in [6.07, 6.45) is 1.13. The van der Waals surface area contributed by atoms with Crippen molar-refractivity contribution in [1.82, 2.24) is 20.4 Å².